The molecule has 7 nitrogen and oxygen atoms in total. The molecule has 0 bridgehead atoms. The van der Waals surface area contributed by atoms with Crippen LogP contribution in [0.2, 0.25) is 0 Å². The first-order chi connectivity index (χ1) is 13.7. The minimum atomic E-state index is -0.569. The van der Waals surface area contributed by atoms with Crippen LogP contribution in [0.1, 0.15) is 24.5 Å². The number of anilines is 2. The van der Waals surface area contributed by atoms with Crippen molar-refractivity contribution in [2.24, 2.45) is 0 Å². The summed E-state index contributed by atoms with van der Waals surface area (Å²) < 4.78 is 0. The number of rotatable bonds is 8. The van der Waals surface area contributed by atoms with E-state index >= 15 is 0 Å². The summed E-state index contributed by atoms with van der Waals surface area (Å²) >= 11 is 0. The summed E-state index contributed by atoms with van der Waals surface area (Å²) in [7, 11) is 0. The number of hydrogen-bond acceptors (Lipinski definition) is 6. The number of nitrogens with one attached hydrogen (secondary N) is 1. The Morgan fingerprint density at radius 1 is 1.14 bits per heavy atom. The molecule has 150 valence electrons. The lowest BCUT2D eigenvalue weighted by atomic mass is 10.0. The van der Waals surface area contributed by atoms with Crippen LogP contribution >= 0.6 is 0 Å². The van der Waals surface area contributed by atoms with Gasteiger partial charge in [-0.1, -0.05) is 18.2 Å². The van der Waals surface area contributed by atoms with Gasteiger partial charge >= 0.3 is 0 Å². The van der Waals surface area contributed by atoms with Crippen molar-refractivity contribution < 1.29 is 15.0 Å². The number of pyridine rings is 1. The van der Waals surface area contributed by atoms with Crippen molar-refractivity contribution in [1.29, 1.82) is 0 Å². The van der Waals surface area contributed by atoms with Gasteiger partial charge < -0.3 is 20.4 Å². The van der Waals surface area contributed by atoms with Crippen molar-refractivity contribution in [3.05, 3.63) is 54.2 Å². The van der Waals surface area contributed by atoms with Gasteiger partial charge in [0.2, 0.25) is 5.91 Å². The molecule has 0 saturated carbocycles. The Morgan fingerprint density at radius 2 is 1.96 bits per heavy atom. The number of carbonyl (C=O) groups is 1. The number of piperazine rings is 1. The Morgan fingerprint density at radius 3 is 2.68 bits per heavy atom. The maximum atomic E-state index is 11.3. The van der Waals surface area contributed by atoms with Crippen LogP contribution in [0.4, 0.5) is 11.5 Å². The van der Waals surface area contributed by atoms with Gasteiger partial charge in [0.25, 0.3) is 0 Å². The van der Waals surface area contributed by atoms with E-state index < -0.39 is 18.6 Å². The van der Waals surface area contributed by atoms with E-state index in [4.69, 9.17) is 5.11 Å². The lowest BCUT2D eigenvalue weighted by Gasteiger charge is -2.35. The van der Waals surface area contributed by atoms with E-state index in [9.17, 15) is 9.90 Å². The third-order valence-corrected chi connectivity index (χ3v) is 5.00. The Bertz CT molecular complexity index is 748. The zero-order chi connectivity index (χ0) is 19.8. The molecule has 7 heteroatoms. The van der Waals surface area contributed by atoms with Crippen LogP contribution < -0.4 is 10.2 Å². The molecule has 1 amide bonds. The van der Waals surface area contributed by atoms with Crippen LogP contribution in [-0.4, -0.2) is 65.3 Å². The molecular formula is C21H28N4O3. The highest BCUT2D eigenvalue weighted by atomic mass is 16.3. The van der Waals surface area contributed by atoms with E-state index in [0.717, 1.165) is 50.5 Å². The van der Waals surface area contributed by atoms with Crippen LogP contribution in [-0.2, 0) is 4.79 Å². The van der Waals surface area contributed by atoms with Crippen LogP contribution in [0.25, 0.3) is 0 Å². The molecule has 1 aliphatic heterocycles. The predicted molar refractivity (Wildman–Crippen MR) is 109 cm³/mol. The van der Waals surface area contributed by atoms with Crippen molar-refractivity contribution in [3.63, 3.8) is 0 Å². The van der Waals surface area contributed by atoms with Gasteiger partial charge in [0.1, 0.15) is 12.4 Å². The largest absolute Gasteiger partial charge is 0.388 e. The van der Waals surface area contributed by atoms with Crippen LogP contribution in [0.3, 0.4) is 0 Å². The fourth-order valence-corrected chi connectivity index (χ4v) is 3.44. The monoisotopic (exact) mass is 384 g/mol. The van der Waals surface area contributed by atoms with E-state index in [1.54, 1.807) is 18.2 Å². The SMILES string of the molecule is O=C(CO)Nc1cccc(C(O)CCCN2CCN(c3ccccn3)CC2)c1. The van der Waals surface area contributed by atoms with Crippen molar-refractivity contribution in [2.75, 3.05) is 49.5 Å². The van der Waals surface area contributed by atoms with Gasteiger partial charge in [-0.15, -0.1) is 0 Å². The fraction of sp³-hybridized carbons (Fsp3) is 0.429. The summed E-state index contributed by atoms with van der Waals surface area (Å²) in [5.74, 6) is 0.572. The third-order valence-electron chi connectivity index (χ3n) is 5.00. The average Bonchev–Trinajstić information content (AvgIpc) is 2.75. The number of carbonyl (C=O) groups excluding carboxylic acids is 1. The highest BCUT2D eigenvalue weighted by molar-refractivity contribution is 5.91. The molecule has 2 heterocycles. The summed E-state index contributed by atoms with van der Waals surface area (Å²) in [5.41, 5.74) is 1.36. The van der Waals surface area contributed by atoms with E-state index in [2.05, 4.69) is 20.1 Å². The first kappa shape index (κ1) is 20.3. The minimum Gasteiger partial charge on any atom is -0.388 e. The Kier molecular flexibility index (Phi) is 7.36. The van der Waals surface area contributed by atoms with Gasteiger partial charge in [0, 0.05) is 38.1 Å². The summed E-state index contributed by atoms with van der Waals surface area (Å²) in [4.78, 5) is 20.4. The third kappa shape index (κ3) is 5.76. The molecule has 0 spiro atoms. The molecule has 3 N–H and O–H groups in total. The van der Waals surface area contributed by atoms with Gasteiger partial charge in [-0.25, -0.2) is 4.98 Å². The van der Waals surface area contributed by atoms with Gasteiger partial charge in [0.15, 0.2) is 0 Å². The standard InChI is InChI=1S/C21H28N4O3/c26-16-21(28)23-18-6-3-5-17(15-18)19(27)7-4-10-24-11-13-25(14-12-24)20-8-1-2-9-22-20/h1-3,5-6,8-9,15,19,26-27H,4,7,10-14,16H2,(H,23,28). The molecule has 0 radical (unpaired) electrons. The lowest BCUT2D eigenvalue weighted by molar-refractivity contribution is -0.118. The topological polar surface area (TPSA) is 88.9 Å². The first-order valence-corrected chi connectivity index (χ1v) is 9.73. The second-order valence-corrected chi connectivity index (χ2v) is 7.01. The highest BCUT2D eigenvalue weighted by Gasteiger charge is 2.18. The Hall–Kier alpha value is -2.48. The van der Waals surface area contributed by atoms with E-state index in [-0.39, 0.29) is 0 Å². The summed E-state index contributed by atoms with van der Waals surface area (Å²) in [6.45, 7) is 4.32. The van der Waals surface area contributed by atoms with Gasteiger partial charge in [-0.3, -0.25) is 9.69 Å². The number of aliphatic hydroxyl groups is 2. The second-order valence-electron chi connectivity index (χ2n) is 7.01. The molecule has 1 aromatic carbocycles. The number of benzene rings is 1. The van der Waals surface area contributed by atoms with Gasteiger partial charge in [-0.05, 0) is 49.2 Å². The number of hydrogen-bond donors (Lipinski definition) is 3. The van der Waals surface area contributed by atoms with Crippen LogP contribution in [0.15, 0.2) is 48.7 Å². The van der Waals surface area contributed by atoms with Crippen LogP contribution in [0, 0.1) is 0 Å². The van der Waals surface area contributed by atoms with Gasteiger partial charge in [0.05, 0.1) is 6.10 Å². The summed E-state index contributed by atoms with van der Waals surface area (Å²) in [6.07, 6.45) is 2.82. The molecule has 3 rings (SSSR count). The number of aromatic nitrogens is 1. The van der Waals surface area contributed by atoms with E-state index in [1.165, 1.54) is 0 Å². The molecule has 1 fully saturated rings. The molecule has 1 atom stereocenters. The first-order valence-electron chi connectivity index (χ1n) is 9.73. The summed E-state index contributed by atoms with van der Waals surface area (Å²) in [5, 5.41) is 21.9. The number of amides is 1. The molecule has 1 unspecified atom stereocenters. The maximum absolute atomic E-state index is 11.3. The van der Waals surface area contributed by atoms with E-state index in [1.807, 2.05) is 30.5 Å². The molecule has 0 aliphatic carbocycles. The highest BCUT2D eigenvalue weighted by Crippen LogP contribution is 2.22. The van der Waals surface area contributed by atoms with Crippen molar-refractivity contribution >= 4 is 17.4 Å². The molecular weight excluding hydrogens is 356 g/mol. The number of aliphatic hydroxyl groups excluding tert-OH is 2. The molecule has 2 aromatic rings. The smallest absolute Gasteiger partial charge is 0.250 e. The Balaban J connectivity index is 1.41. The zero-order valence-electron chi connectivity index (χ0n) is 16.0. The summed E-state index contributed by atoms with van der Waals surface area (Å²) in [6, 6.07) is 13.1. The predicted octanol–water partition coefficient (Wildman–Crippen LogP) is 1.65. The average molecular weight is 384 g/mol. The molecule has 1 aliphatic rings. The minimum absolute atomic E-state index is 0.462. The van der Waals surface area contributed by atoms with Crippen molar-refractivity contribution in [1.82, 2.24) is 9.88 Å². The molecule has 1 saturated heterocycles. The normalized spacial score (nSPS) is 16.0. The molecule has 28 heavy (non-hydrogen) atoms. The lowest BCUT2D eigenvalue weighted by Crippen LogP contribution is -2.46. The van der Waals surface area contributed by atoms with Crippen molar-refractivity contribution in [2.45, 2.75) is 18.9 Å². The number of nitrogens with zero attached hydrogens (tertiary/aromatic N) is 3. The molecule has 1 aromatic heterocycles. The van der Waals surface area contributed by atoms with Crippen LogP contribution in [0.5, 0.6) is 0 Å². The van der Waals surface area contributed by atoms with E-state index in [0.29, 0.717) is 12.1 Å². The second kappa shape index (κ2) is 10.2. The quantitative estimate of drug-likeness (QED) is 0.641. The maximum Gasteiger partial charge on any atom is 0.250 e. The fourth-order valence-electron chi connectivity index (χ4n) is 3.44. The Labute approximate surface area is 165 Å². The van der Waals surface area contributed by atoms with Crippen molar-refractivity contribution in [3.8, 4) is 0 Å². The zero-order valence-corrected chi connectivity index (χ0v) is 16.0. The van der Waals surface area contributed by atoms with Gasteiger partial charge in [-0.2, -0.15) is 0 Å².